The van der Waals surface area contributed by atoms with E-state index >= 15 is 0 Å². The molecular formula is C21H29IN4O. The smallest absolute Gasteiger partial charge is 0.193 e. The van der Waals surface area contributed by atoms with Crippen LogP contribution in [-0.2, 0) is 6.54 Å². The highest BCUT2D eigenvalue weighted by atomic mass is 127. The highest BCUT2D eigenvalue weighted by Crippen LogP contribution is 2.23. The monoisotopic (exact) mass is 480 g/mol. The van der Waals surface area contributed by atoms with Gasteiger partial charge >= 0.3 is 0 Å². The summed E-state index contributed by atoms with van der Waals surface area (Å²) >= 11 is 0. The molecule has 0 unspecified atom stereocenters. The van der Waals surface area contributed by atoms with Crippen molar-refractivity contribution >= 4 is 41.3 Å². The van der Waals surface area contributed by atoms with Crippen molar-refractivity contribution in [3.8, 4) is 5.75 Å². The number of nitrogens with one attached hydrogen (secondary N) is 1. The lowest BCUT2D eigenvalue weighted by molar-refractivity contribution is 0.415. The summed E-state index contributed by atoms with van der Waals surface area (Å²) in [5.41, 5.74) is 9.30. The van der Waals surface area contributed by atoms with Gasteiger partial charge in [0.15, 0.2) is 5.96 Å². The molecular weight excluding hydrogens is 451 g/mol. The predicted octanol–water partition coefficient (Wildman–Crippen LogP) is 4.48. The number of guanidine groups is 1. The van der Waals surface area contributed by atoms with Crippen LogP contribution in [0.5, 0.6) is 5.75 Å². The van der Waals surface area contributed by atoms with E-state index in [1.807, 2.05) is 24.3 Å². The fourth-order valence-corrected chi connectivity index (χ4v) is 3.14. The van der Waals surface area contributed by atoms with Gasteiger partial charge in [0, 0.05) is 30.5 Å². The lowest BCUT2D eigenvalue weighted by Crippen LogP contribution is -2.32. The SMILES string of the molecule is COc1cccc(NC(N)=NCc2ccc(N3CCC(C)CC3)cc2)c1.I. The summed E-state index contributed by atoms with van der Waals surface area (Å²) in [7, 11) is 1.64. The van der Waals surface area contributed by atoms with Crippen LogP contribution >= 0.6 is 24.0 Å². The van der Waals surface area contributed by atoms with Crippen LogP contribution in [-0.4, -0.2) is 26.2 Å². The number of rotatable bonds is 5. The van der Waals surface area contributed by atoms with Crippen molar-refractivity contribution < 1.29 is 4.74 Å². The quantitative estimate of drug-likeness (QED) is 0.377. The molecule has 0 aliphatic carbocycles. The Morgan fingerprint density at radius 1 is 1.19 bits per heavy atom. The zero-order valence-electron chi connectivity index (χ0n) is 16.0. The second-order valence-electron chi connectivity index (χ2n) is 6.89. The second kappa shape index (κ2) is 10.4. The maximum atomic E-state index is 5.99. The molecule has 0 saturated carbocycles. The fraction of sp³-hybridized carbons (Fsp3) is 0.381. The van der Waals surface area contributed by atoms with Gasteiger partial charge in [0.25, 0.3) is 0 Å². The van der Waals surface area contributed by atoms with Gasteiger partial charge in [-0.15, -0.1) is 24.0 Å². The largest absolute Gasteiger partial charge is 0.497 e. The van der Waals surface area contributed by atoms with Crippen LogP contribution in [0.25, 0.3) is 0 Å². The average Bonchev–Trinajstić information content (AvgIpc) is 2.67. The number of nitrogens with two attached hydrogens (primary N) is 1. The van der Waals surface area contributed by atoms with E-state index in [1.54, 1.807) is 7.11 Å². The summed E-state index contributed by atoms with van der Waals surface area (Å²) < 4.78 is 5.21. The first-order valence-electron chi connectivity index (χ1n) is 9.19. The minimum absolute atomic E-state index is 0. The van der Waals surface area contributed by atoms with E-state index in [9.17, 15) is 0 Å². The number of nitrogens with zero attached hydrogens (tertiary/aromatic N) is 2. The molecule has 0 radical (unpaired) electrons. The van der Waals surface area contributed by atoms with Crippen LogP contribution in [0.15, 0.2) is 53.5 Å². The number of methoxy groups -OCH3 is 1. The van der Waals surface area contributed by atoms with Crippen LogP contribution in [0, 0.1) is 5.92 Å². The van der Waals surface area contributed by atoms with Gasteiger partial charge in [-0.1, -0.05) is 25.1 Å². The third-order valence-electron chi connectivity index (χ3n) is 4.86. The fourth-order valence-electron chi connectivity index (χ4n) is 3.14. The Bertz CT molecular complexity index is 740. The van der Waals surface area contributed by atoms with E-state index in [4.69, 9.17) is 10.5 Å². The number of piperidine rings is 1. The first kappa shape index (κ1) is 21.3. The van der Waals surface area contributed by atoms with Gasteiger partial charge in [0.2, 0.25) is 0 Å². The standard InChI is InChI=1S/C21H28N4O.HI/c1-16-10-12-25(13-11-16)19-8-6-17(7-9-19)15-23-21(22)24-18-4-3-5-20(14-18)26-2;/h3-9,14,16H,10-13,15H2,1-2H3,(H3,22,23,24);1H. The molecule has 1 heterocycles. The highest BCUT2D eigenvalue weighted by molar-refractivity contribution is 14.0. The molecule has 2 aromatic carbocycles. The summed E-state index contributed by atoms with van der Waals surface area (Å²) in [5.74, 6) is 2.03. The number of halogens is 1. The van der Waals surface area contributed by atoms with Crippen LogP contribution < -0.4 is 20.7 Å². The van der Waals surface area contributed by atoms with Crippen LogP contribution in [0.4, 0.5) is 11.4 Å². The molecule has 1 fully saturated rings. The minimum atomic E-state index is 0. The zero-order chi connectivity index (χ0) is 18.4. The molecule has 27 heavy (non-hydrogen) atoms. The summed E-state index contributed by atoms with van der Waals surface area (Å²) in [6, 6.07) is 16.3. The summed E-state index contributed by atoms with van der Waals surface area (Å²) in [6.45, 7) is 5.19. The van der Waals surface area contributed by atoms with Crippen LogP contribution in [0.1, 0.15) is 25.3 Å². The minimum Gasteiger partial charge on any atom is -0.497 e. The number of anilines is 2. The highest BCUT2D eigenvalue weighted by Gasteiger charge is 2.15. The van der Waals surface area contributed by atoms with Crippen molar-refractivity contribution in [1.29, 1.82) is 0 Å². The molecule has 6 heteroatoms. The molecule has 0 bridgehead atoms. The number of hydrogen-bond acceptors (Lipinski definition) is 3. The number of aliphatic imine (C=N–C) groups is 1. The maximum absolute atomic E-state index is 5.99. The van der Waals surface area contributed by atoms with E-state index in [0.29, 0.717) is 12.5 Å². The lowest BCUT2D eigenvalue weighted by atomic mass is 9.99. The Labute approximate surface area is 179 Å². The van der Waals surface area contributed by atoms with Crippen molar-refractivity contribution in [2.24, 2.45) is 16.6 Å². The Morgan fingerprint density at radius 2 is 1.89 bits per heavy atom. The molecule has 0 atom stereocenters. The van der Waals surface area contributed by atoms with Gasteiger partial charge in [-0.05, 0) is 48.6 Å². The number of benzene rings is 2. The van der Waals surface area contributed by atoms with Crippen molar-refractivity contribution in [2.45, 2.75) is 26.3 Å². The van der Waals surface area contributed by atoms with Crippen molar-refractivity contribution in [1.82, 2.24) is 0 Å². The molecule has 0 spiro atoms. The van der Waals surface area contributed by atoms with E-state index < -0.39 is 0 Å². The maximum Gasteiger partial charge on any atom is 0.193 e. The number of hydrogen-bond donors (Lipinski definition) is 2. The first-order chi connectivity index (χ1) is 12.6. The van der Waals surface area contributed by atoms with E-state index in [1.165, 1.54) is 18.5 Å². The zero-order valence-corrected chi connectivity index (χ0v) is 18.4. The van der Waals surface area contributed by atoms with Gasteiger partial charge in [-0.3, -0.25) is 0 Å². The normalized spacial score (nSPS) is 15.2. The third-order valence-corrected chi connectivity index (χ3v) is 4.86. The Hall–Kier alpha value is -1.96. The topological polar surface area (TPSA) is 62.9 Å². The number of ether oxygens (including phenoxy) is 1. The Balaban J connectivity index is 0.00000261. The van der Waals surface area contributed by atoms with Crippen molar-refractivity contribution in [2.75, 3.05) is 30.4 Å². The summed E-state index contributed by atoms with van der Waals surface area (Å²) in [6.07, 6.45) is 2.55. The van der Waals surface area contributed by atoms with E-state index in [2.05, 4.69) is 46.4 Å². The van der Waals surface area contributed by atoms with E-state index in [0.717, 1.165) is 36.0 Å². The molecule has 1 aliphatic rings. The van der Waals surface area contributed by atoms with E-state index in [-0.39, 0.29) is 24.0 Å². The Kier molecular flexibility index (Phi) is 8.22. The molecule has 146 valence electrons. The predicted molar refractivity (Wildman–Crippen MR) is 124 cm³/mol. The van der Waals surface area contributed by atoms with Gasteiger partial charge in [0.1, 0.15) is 5.75 Å². The summed E-state index contributed by atoms with van der Waals surface area (Å²) in [5, 5.41) is 3.09. The molecule has 2 aromatic rings. The second-order valence-corrected chi connectivity index (χ2v) is 6.89. The molecule has 5 nitrogen and oxygen atoms in total. The summed E-state index contributed by atoms with van der Waals surface area (Å²) in [4.78, 5) is 6.89. The van der Waals surface area contributed by atoms with Gasteiger partial charge in [-0.25, -0.2) is 4.99 Å². The Morgan fingerprint density at radius 3 is 2.56 bits per heavy atom. The van der Waals surface area contributed by atoms with Crippen LogP contribution in [0.2, 0.25) is 0 Å². The molecule has 3 rings (SSSR count). The van der Waals surface area contributed by atoms with Gasteiger partial charge < -0.3 is 20.7 Å². The molecule has 3 N–H and O–H groups in total. The molecule has 1 saturated heterocycles. The van der Waals surface area contributed by atoms with Crippen LogP contribution in [0.3, 0.4) is 0 Å². The third kappa shape index (κ3) is 6.30. The molecule has 1 aliphatic heterocycles. The molecule has 0 aromatic heterocycles. The van der Waals surface area contributed by atoms with Gasteiger partial charge in [-0.2, -0.15) is 0 Å². The average molecular weight is 480 g/mol. The lowest BCUT2D eigenvalue weighted by Gasteiger charge is -2.32. The van der Waals surface area contributed by atoms with Gasteiger partial charge in [0.05, 0.1) is 13.7 Å². The molecule has 0 amide bonds. The van der Waals surface area contributed by atoms with Crippen molar-refractivity contribution in [3.05, 3.63) is 54.1 Å². The van der Waals surface area contributed by atoms with Crippen molar-refractivity contribution in [3.63, 3.8) is 0 Å². The first-order valence-corrected chi connectivity index (χ1v) is 9.19.